The Kier molecular flexibility index (Phi) is 1.58. The first kappa shape index (κ1) is 6.73. The standard InChI is InChI=1S/C8H8FNO/c9-8-6(2-1-3-10-8)4-7-5-11-7/h1-3,7H,4-5H2. The summed E-state index contributed by atoms with van der Waals surface area (Å²) in [7, 11) is 0. The molecule has 1 atom stereocenters. The maximum atomic E-state index is 12.8. The van der Waals surface area contributed by atoms with Crippen LogP contribution in [-0.4, -0.2) is 17.7 Å². The molecule has 2 nitrogen and oxygen atoms in total. The number of ether oxygens (including phenoxy) is 1. The lowest BCUT2D eigenvalue weighted by Gasteiger charge is -1.96. The van der Waals surface area contributed by atoms with Crippen LogP contribution in [-0.2, 0) is 11.2 Å². The summed E-state index contributed by atoms with van der Waals surface area (Å²) < 4.78 is 17.8. The third-order valence-corrected chi connectivity index (χ3v) is 1.69. The third kappa shape index (κ3) is 1.54. The fraction of sp³-hybridized carbons (Fsp3) is 0.375. The number of hydrogen-bond acceptors (Lipinski definition) is 2. The number of nitrogens with zero attached hydrogens (tertiary/aromatic N) is 1. The first-order valence-electron chi connectivity index (χ1n) is 3.57. The summed E-state index contributed by atoms with van der Waals surface area (Å²) in [5.74, 6) is -0.372. The van der Waals surface area contributed by atoms with Gasteiger partial charge in [0.05, 0.1) is 12.7 Å². The highest BCUT2D eigenvalue weighted by molar-refractivity contribution is 5.12. The first-order chi connectivity index (χ1) is 5.36. The maximum absolute atomic E-state index is 12.8. The first-order valence-corrected chi connectivity index (χ1v) is 3.57. The van der Waals surface area contributed by atoms with Gasteiger partial charge in [0.25, 0.3) is 0 Å². The molecule has 2 heterocycles. The molecule has 3 heteroatoms. The number of hydrogen-bond donors (Lipinski definition) is 0. The van der Waals surface area contributed by atoms with Gasteiger partial charge in [-0.1, -0.05) is 6.07 Å². The molecule has 2 rings (SSSR count). The SMILES string of the molecule is Fc1ncccc1CC1CO1. The maximum Gasteiger partial charge on any atom is 0.216 e. The molecule has 0 spiro atoms. The van der Waals surface area contributed by atoms with E-state index in [2.05, 4.69) is 4.98 Å². The molecule has 1 unspecified atom stereocenters. The summed E-state index contributed by atoms with van der Waals surface area (Å²) in [6.45, 7) is 0.758. The van der Waals surface area contributed by atoms with Crippen molar-refractivity contribution < 1.29 is 9.13 Å². The van der Waals surface area contributed by atoms with E-state index in [-0.39, 0.29) is 12.1 Å². The Morgan fingerprint density at radius 2 is 2.55 bits per heavy atom. The van der Waals surface area contributed by atoms with Crippen molar-refractivity contribution in [3.05, 3.63) is 29.8 Å². The third-order valence-electron chi connectivity index (χ3n) is 1.69. The topological polar surface area (TPSA) is 25.4 Å². The average Bonchev–Trinajstić information content (AvgIpc) is 2.78. The van der Waals surface area contributed by atoms with Gasteiger partial charge in [0.1, 0.15) is 0 Å². The van der Waals surface area contributed by atoms with E-state index in [1.807, 2.05) is 0 Å². The van der Waals surface area contributed by atoms with Crippen molar-refractivity contribution in [2.24, 2.45) is 0 Å². The van der Waals surface area contributed by atoms with E-state index < -0.39 is 0 Å². The Labute approximate surface area is 64.0 Å². The van der Waals surface area contributed by atoms with Crippen molar-refractivity contribution in [1.82, 2.24) is 4.98 Å². The molecular weight excluding hydrogens is 145 g/mol. The Bertz CT molecular complexity index is 260. The average molecular weight is 153 g/mol. The minimum atomic E-state index is -0.372. The van der Waals surface area contributed by atoms with Gasteiger partial charge in [0.2, 0.25) is 5.95 Å². The molecular formula is C8H8FNO. The molecule has 0 amide bonds. The summed E-state index contributed by atoms with van der Waals surface area (Å²) in [4.78, 5) is 3.54. The zero-order valence-electron chi connectivity index (χ0n) is 5.96. The molecule has 0 saturated carbocycles. The lowest BCUT2D eigenvalue weighted by atomic mass is 10.2. The normalized spacial score (nSPS) is 21.7. The Morgan fingerprint density at radius 1 is 1.73 bits per heavy atom. The molecule has 58 valence electrons. The number of aromatic nitrogens is 1. The number of epoxide rings is 1. The fourth-order valence-corrected chi connectivity index (χ4v) is 1.00. The van der Waals surface area contributed by atoms with E-state index in [0.29, 0.717) is 12.0 Å². The van der Waals surface area contributed by atoms with Crippen LogP contribution in [0.5, 0.6) is 0 Å². The van der Waals surface area contributed by atoms with E-state index in [1.165, 1.54) is 6.20 Å². The van der Waals surface area contributed by atoms with Gasteiger partial charge < -0.3 is 4.74 Å². The highest BCUT2D eigenvalue weighted by Gasteiger charge is 2.23. The zero-order chi connectivity index (χ0) is 7.68. The highest BCUT2D eigenvalue weighted by atomic mass is 19.1. The second-order valence-electron chi connectivity index (χ2n) is 2.61. The molecule has 1 aromatic heterocycles. The second kappa shape index (κ2) is 2.58. The molecule has 1 aliphatic heterocycles. The molecule has 1 aliphatic rings. The minimum absolute atomic E-state index is 0.230. The molecule has 1 saturated heterocycles. The van der Waals surface area contributed by atoms with Crippen LogP contribution in [0.25, 0.3) is 0 Å². The van der Waals surface area contributed by atoms with Crippen LogP contribution in [0.15, 0.2) is 18.3 Å². The van der Waals surface area contributed by atoms with Crippen LogP contribution in [0.1, 0.15) is 5.56 Å². The molecule has 0 bridgehead atoms. The number of rotatable bonds is 2. The van der Waals surface area contributed by atoms with Crippen molar-refractivity contribution in [3.63, 3.8) is 0 Å². The van der Waals surface area contributed by atoms with Crippen LogP contribution in [0.3, 0.4) is 0 Å². The van der Waals surface area contributed by atoms with Gasteiger partial charge in [0.15, 0.2) is 0 Å². The van der Waals surface area contributed by atoms with Crippen LogP contribution in [0.2, 0.25) is 0 Å². The lowest BCUT2D eigenvalue weighted by molar-refractivity contribution is 0.403. The molecule has 1 aromatic rings. The zero-order valence-corrected chi connectivity index (χ0v) is 5.96. The van der Waals surface area contributed by atoms with Crippen LogP contribution in [0, 0.1) is 5.95 Å². The number of pyridine rings is 1. The number of halogens is 1. The van der Waals surface area contributed by atoms with Crippen molar-refractivity contribution in [3.8, 4) is 0 Å². The Morgan fingerprint density at radius 3 is 3.18 bits per heavy atom. The van der Waals surface area contributed by atoms with E-state index in [4.69, 9.17) is 4.74 Å². The van der Waals surface area contributed by atoms with Crippen molar-refractivity contribution >= 4 is 0 Å². The van der Waals surface area contributed by atoms with Crippen molar-refractivity contribution in [2.45, 2.75) is 12.5 Å². The highest BCUT2D eigenvalue weighted by Crippen LogP contribution is 2.16. The summed E-state index contributed by atoms with van der Waals surface area (Å²) in [5, 5.41) is 0. The van der Waals surface area contributed by atoms with E-state index in [9.17, 15) is 4.39 Å². The quantitative estimate of drug-likeness (QED) is 0.470. The minimum Gasteiger partial charge on any atom is -0.373 e. The summed E-state index contributed by atoms with van der Waals surface area (Å²) in [6, 6.07) is 3.48. The molecule has 0 aliphatic carbocycles. The molecule has 1 fully saturated rings. The molecule has 0 N–H and O–H groups in total. The molecule has 0 aromatic carbocycles. The molecule has 11 heavy (non-hydrogen) atoms. The summed E-state index contributed by atoms with van der Waals surface area (Å²) in [6.07, 6.45) is 2.33. The summed E-state index contributed by atoms with van der Waals surface area (Å²) >= 11 is 0. The molecule has 0 radical (unpaired) electrons. The van der Waals surface area contributed by atoms with Gasteiger partial charge >= 0.3 is 0 Å². The van der Waals surface area contributed by atoms with Gasteiger partial charge in [-0.2, -0.15) is 4.39 Å². The Balaban J connectivity index is 2.15. The van der Waals surface area contributed by atoms with E-state index in [1.54, 1.807) is 12.1 Å². The lowest BCUT2D eigenvalue weighted by Crippen LogP contribution is -1.97. The van der Waals surface area contributed by atoms with Crippen LogP contribution in [0.4, 0.5) is 4.39 Å². The van der Waals surface area contributed by atoms with Gasteiger partial charge in [-0.05, 0) is 6.07 Å². The van der Waals surface area contributed by atoms with E-state index >= 15 is 0 Å². The van der Waals surface area contributed by atoms with Crippen LogP contribution < -0.4 is 0 Å². The monoisotopic (exact) mass is 153 g/mol. The van der Waals surface area contributed by atoms with Crippen molar-refractivity contribution in [2.75, 3.05) is 6.61 Å². The predicted octanol–water partition coefficient (Wildman–Crippen LogP) is 1.16. The largest absolute Gasteiger partial charge is 0.373 e. The van der Waals surface area contributed by atoms with E-state index in [0.717, 1.165) is 6.61 Å². The predicted molar refractivity (Wildman–Crippen MR) is 37.6 cm³/mol. The van der Waals surface area contributed by atoms with Gasteiger partial charge in [-0.3, -0.25) is 0 Å². The van der Waals surface area contributed by atoms with Crippen LogP contribution >= 0.6 is 0 Å². The second-order valence-corrected chi connectivity index (χ2v) is 2.61. The van der Waals surface area contributed by atoms with Gasteiger partial charge in [-0.25, -0.2) is 4.98 Å². The Hall–Kier alpha value is -0.960. The van der Waals surface area contributed by atoms with Gasteiger partial charge in [0, 0.05) is 18.2 Å². The fourth-order valence-electron chi connectivity index (χ4n) is 1.00. The van der Waals surface area contributed by atoms with Gasteiger partial charge in [-0.15, -0.1) is 0 Å². The smallest absolute Gasteiger partial charge is 0.216 e. The summed E-state index contributed by atoms with van der Waals surface area (Å²) in [5.41, 5.74) is 0.648. The van der Waals surface area contributed by atoms with Crippen molar-refractivity contribution in [1.29, 1.82) is 0 Å².